The largest absolute Gasteiger partial charge is 0.482 e. The highest BCUT2D eigenvalue weighted by atomic mass is 16.5. The molecule has 0 saturated heterocycles. The van der Waals surface area contributed by atoms with Crippen molar-refractivity contribution in [3.8, 4) is 0 Å². The minimum absolute atomic E-state index is 0.624. The number of aryl methyl sites for hydroxylation is 1. The average molecular weight is 217 g/mol. The lowest BCUT2D eigenvalue weighted by Crippen LogP contribution is -2.00. The number of nitrogens with two attached hydrogens (primary N) is 1. The normalized spacial score (nSPS) is 16.0. The molecule has 3 rings (SSSR count). The number of fused-ring (bicyclic) bond motifs is 1. The summed E-state index contributed by atoms with van der Waals surface area (Å²) in [5.74, 6) is 0.624. The van der Waals surface area contributed by atoms with Crippen LogP contribution < -0.4 is 5.73 Å². The molecule has 2 N–H and O–H groups in total. The van der Waals surface area contributed by atoms with E-state index in [0.29, 0.717) is 5.82 Å². The Bertz CT molecular complexity index is 407. The first kappa shape index (κ1) is 10.7. The molecule has 1 aliphatic carbocycles. The Kier molecular flexibility index (Phi) is 3.53. The Morgan fingerprint density at radius 3 is 2.94 bits per heavy atom. The van der Waals surface area contributed by atoms with Crippen LogP contribution in [0.25, 0.3) is 6.08 Å². The van der Waals surface area contributed by atoms with E-state index >= 15 is 0 Å². The average Bonchev–Trinajstić information content (AvgIpc) is 2.87. The molecule has 84 valence electrons. The number of nitrogens with zero attached hydrogens (tertiary/aromatic N) is 2. The van der Waals surface area contributed by atoms with E-state index in [-0.39, 0.29) is 0 Å². The van der Waals surface area contributed by atoms with E-state index in [1.165, 1.54) is 12.0 Å². The van der Waals surface area contributed by atoms with Crippen molar-refractivity contribution in [2.24, 2.45) is 4.99 Å². The fourth-order valence-corrected chi connectivity index (χ4v) is 1.57. The maximum atomic E-state index is 5.55. The van der Waals surface area contributed by atoms with Gasteiger partial charge in [0.2, 0.25) is 0 Å². The van der Waals surface area contributed by atoms with Gasteiger partial charge in [0.15, 0.2) is 6.40 Å². The predicted octanol–water partition coefficient (Wildman–Crippen LogP) is 1.67. The number of anilines is 1. The summed E-state index contributed by atoms with van der Waals surface area (Å²) in [5, 5.41) is 0. The van der Waals surface area contributed by atoms with E-state index in [1.54, 1.807) is 0 Å². The van der Waals surface area contributed by atoms with Crippen LogP contribution in [0.15, 0.2) is 23.2 Å². The van der Waals surface area contributed by atoms with Gasteiger partial charge in [-0.05, 0) is 30.5 Å². The minimum Gasteiger partial charge on any atom is -0.482 e. The second-order valence-electron chi connectivity index (χ2n) is 3.60. The van der Waals surface area contributed by atoms with Gasteiger partial charge in [-0.3, -0.25) is 4.99 Å². The van der Waals surface area contributed by atoms with Crippen LogP contribution in [0.4, 0.5) is 5.82 Å². The third kappa shape index (κ3) is 2.82. The van der Waals surface area contributed by atoms with Crippen molar-refractivity contribution in [3.63, 3.8) is 0 Å². The molecule has 0 amide bonds. The molecule has 0 unspecified atom stereocenters. The standard InChI is InChI=1S/C9H10N2.C3H5NO/c10-9-6-5-7-3-1-2-4-8(7)11-9;1-2-5-3-4-1/h1,3,5-6H,2,4H2,(H2,10,11);3H,1-2H2. The first-order chi connectivity index (χ1) is 7.86. The van der Waals surface area contributed by atoms with E-state index in [1.807, 2.05) is 12.1 Å². The molecule has 1 aromatic rings. The molecule has 1 aliphatic heterocycles. The highest BCUT2D eigenvalue weighted by molar-refractivity contribution is 5.56. The predicted molar refractivity (Wildman–Crippen MR) is 65.3 cm³/mol. The summed E-state index contributed by atoms with van der Waals surface area (Å²) in [6, 6.07) is 3.86. The van der Waals surface area contributed by atoms with E-state index in [9.17, 15) is 0 Å². The van der Waals surface area contributed by atoms with Crippen molar-refractivity contribution in [2.75, 3.05) is 18.9 Å². The quantitative estimate of drug-likeness (QED) is 0.719. The second kappa shape index (κ2) is 5.30. The van der Waals surface area contributed by atoms with Crippen molar-refractivity contribution < 1.29 is 4.74 Å². The first-order valence-corrected chi connectivity index (χ1v) is 5.38. The lowest BCUT2D eigenvalue weighted by atomic mass is 10.0. The number of ether oxygens (including phenoxy) is 1. The molecule has 2 aliphatic rings. The summed E-state index contributed by atoms with van der Waals surface area (Å²) in [5.41, 5.74) is 7.89. The van der Waals surface area contributed by atoms with Gasteiger partial charge in [-0.2, -0.15) is 0 Å². The molecule has 0 fully saturated rings. The summed E-state index contributed by atoms with van der Waals surface area (Å²) < 4.78 is 4.65. The first-order valence-electron chi connectivity index (χ1n) is 5.38. The number of nitrogen functional groups attached to an aromatic ring is 1. The van der Waals surface area contributed by atoms with Crippen molar-refractivity contribution in [2.45, 2.75) is 12.8 Å². The van der Waals surface area contributed by atoms with Crippen molar-refractivity contribution in [1.82, 2.24) is 4.98 Å². The maximum absolute atomic E-state index is 5.55. The molecule has 0 atom stereocenters. The van der Waals surface area contributed by atoms with Crippen LogP contribution in [0.3, 0.4) is 0 Å². The Morgan fingerprint density at radius 1 is 1.31 bits per heavy atom. The lowest BCUT2D eigenvalue weighted by molar-refractivity contribution is 0.361. The molecule has 16 heavy (non-hydrogen) atoms. The zero-order valence-electron chi connectivity index (χ0n) is 9.10. The fourth-order valence-electron chi connectivity index (χ4n) is 1.57. The SMILES string of the molecule is C1=NCCO1.Nc1ccc2c(n1)CCC=C2. The number of allylic oxidation sites excluding steroid dienone is 1. The van der Waals surface area contributed by atoms with Gasteiger partial charge in [0.1, 0.15) is 12.4 Å². The van der Waals surface area contributed by atoms with Crippen LogP contribution in [-0.2, 0) is 11.2 Å². The van der Waals surface area contributed by atoms with Crippen LogP contribution >= 0.6 is 0 Å². The maximum Gasteiger partial charge on any atom is 0.169 e. The summed E-state index contributed by atoms with van der Waals surface area (Å²) in [6.45, 7) is 1.62. The van der Waals surface area contributed by atoms with Gasteiger partial charge in [0.05, 0.1) is 12.2 Å². The van der Waals surface area contributed by atoms with Crippen molar-refractivity contribution in [1.29, 1.82) is 0 Å². The molecule has 0 spiro atoms. The number of hydrogen-bond donors (Lipinski definition) is 1. The van der Waals surface area contributed by atoms with Gasteiger partial charge in [-0.25, -0.2) is 4.98 Å². The van der Waals surface area contributed by atoms with Gasteiger partial charge in [0, 0.05) is 0 Å². The van der Waals surface area contributed by atoms with Gasteiger partial charge >= 0.3 is 0 Å². The van der Waals surface area contributed by atoms with E-state index < -0.39 is 0 Å². The Hall–Kier alpha value is -1.84. The molecule has 0 saturated carbocycles. The van der Waals surface area contributed by atoms with Crippen molar-refractivity contribution >= 4 is 18.3 Å². The third-order valence-electron chi connectivity index (χ3n) is 2.36. The molecule has 4 heteroatoms. The van der Waals surface area contributed by atoms with Gasteiger partial charge in [-0.1, -0.05) is 12.2 Å². The summed E-state index contributed by atoms with van der Waals surface area (Å²) in [4.78, 5) is 7.98. The van der Waals surface area contributed by atoms with E-state index in [2.05, 4.69) is 26.9 Å². The molecule has 0 aromatic carbocycles. The minimum atomic E-state index is 0.624. The Balaban J connectivity index is 0.000000162. The number of hydrogen-bond acceptors (Lipinski definition) is 4. The highest BCUT2D eigenvalue weighted by Crippen LogP contribution is 2.17. The van der Waals surface area contributed by atoms with Crippen LogP contribution in [0, 0.1) is 0 Å². The molecule has 2 heterocycles. The van der Waals surface area contributed by atoms with Crippen LogP contribution in [0.1, 0.15) is 17.7 Å². The zero-order valence-corrected chi connectivity index (χ0v) is 9.10. The second-order valence-corrected chi connectivity index (χ2v) is 3.60. The number of rotatable bonds is 0. The molecular formula is C12H15N3O. The topological polar surface area (TPSA) is 60.5 Å². The molecular weight excluding hydrogens is 202 g/mol. The van der Waals surface area contributed by atoms with E-state index in [0.717, 1.165) is 31.7 Å². The molecule has 0 bridgehead atoms. The smallest absolute Gasteiger partial charge is 0.169 e. The van der Waals surface area contributed by atoms with Crippen molar-refractivity contribution in [3.05, 3.63) is 29.5 Å². The molecule has 0 radical (unpaired) electrons. The van der Waals surface area contributed by atoms with Gasteiger partial charge in [0.25, 0.3) is 0 Å². The van der Waals surface area contributed by atoms with Crippen LogP contribution in [0.5, 0.6) is 0 Å². The summed E-state index contributed by atoms with van der Waals surface area (Å²) in [7, 11) is 0. The zero-order chi connectivity index (χ0) is 11.2. The third-order valence-corrected chi connectivity index (χ3v) is 2.36. The van der Waals surface area contributed by atoms with E-state index in [4.69, 9.17) is 5.73 Å². The van der Waals surface area contributed by atoms with Gasteiger partial charge < -0.3 is 10.5 Å². The summed E-state index contributed by atoms with van der Waals surface area (Å²) in [6.07, 6.45) is 7.87. The number of aromatic nitrogens is 1. The lowest BCUT2D eigenvalue weighted by Gasteiger charge is -2.08. The van der Waals surface area contributed by atoms with Gasteiger partial charge in [-0.15, -0.1) is 0 Å². The van der Waals surface area contributed by atoms with Crippen LogP contribution in [0.2, 0.25) is 0 Å². The molecule has 4 nitrogen and oxygen atoms in total. The summed E-state index contributed by atoms with van der Waals surface area (Å²) >= 11 is 0. The highest BCUT2D eigenvalue weighted by Gasteiger charge is 2.04. The van der Waals surface area contributed by atoms with Crippen LogP contribution in [-0.4, -0.2) is 24.5 Å². The monoisotopic (exact) mass is 217 g/mol. The molecule has 1 aromatic heterocycles. The Labute approximate surface area is 94.9 Å². The number of aliphatic imine (C=N–C) groups is 1. The Morgan fingerprint density at radius 2 is 2.25 bits per heavy atom. The fraction of sp³-hybridized carbons (Fsp3) is 0.333. The number of pyridine rings is 1.